The third-order valence-corrected chi connectivity index (χ3v) is 3.47. The van der Waals surface area contributed by atoms with Gasteiger partial charge < -0.3 is 10.5 Å². The second-order valence-electron chi connectivity index (χ2n) is 4.46. The second kappa shape index (κ2) is 6.60. The first kappa shape index (κ1) is 13.9. The Kier molecular flexibility index (Phi) is 4.83. The Bertz CT molecular complexity index is 525. The molecule has 1 atom stereocenters. The average Bonchev–Trinajstić information content (AvgIpc) is 2.46. The summed E-state index contributed by atoms with van der Waals surface area (Å²) >= 11 is 6.08. The lowest BCUT2D eigenvalue weighted by Crippen LogP contribution is -2.08. The van der Waals surface area contributed by atoms with E-state index < -0.39 is 0 Å². The van der Waals surface area contributed by atoms with Crippen molar-refractivity contribution in [2.24, 2.45) is 5.73 Å². The van der Waals surface area contributed by atoms with E-state index >= 15 is 0 Å². The Hall–Kier alpha value is -1.51. The van der Waals surface area contributed by atoms with Crippen LogP contribution in [0.25, 0.3) is 0 Å². The molecule has 2 aromatic carbocycles. The van der Waals surface area contributed by atoms with E-state index in [0.29, 0.717) is 6.61 Å². The molecule has 0 saturated carbocycles. The zero-order valence-corrected chi connectivity index (χ0v) is 11.7. The highest BCUT2D eigenvalue weighted by molar-refractivity contribution is 6.31. The van der Waals surface area contributed by atoms with Crippen LogP contribution in [-0.2, 0) is 6.61 Å². The molecule has 0 fully saturated rings. The van der Waals surface area contributed by atoms with E-state index in [4.69, 9.17) is 22.1 Å². The molecular weight excluding hydrogens is 258 g/mol. The van der Waals surface area contributed by atoms with Gasteiger partial charge in [-0.25, -0.2) is 0 Å². The number of hydrogen-bond acceptors (Lipinski definition) is 2. The van der Waals surface area contributed by atoms with Crippen LogP contribution < -0.4 is 10.5 Å². The van der Waals surface area contributed by atoms with Gasteiger partial charge in [-0.1, -0.05) is 48.9 Å². The van der Waals surface area contributed by atoms with E-state index in [1.165, 1.54) is 0 Å². The topological polar surface area (TPSA) is 35.2 Å². The largest absolute Gasteiger partial charge is 0.489 e. The third-order valence-electron chi connectivity index (χ3n) is 3.10. The van der Waals surface area contributed by atoms with Crippen molar-refractivity contribution in [1.82, 2.24) is 0 Å². The SMILES string of the molecule is CCC(N)c1ccc(OCc2ccccc2Cl)cc1. The monoisotopic (exact) mass is 275 g/mol. The zero-order chi connectivity index (χ0) is 13.7. The maximum atomic E-state index is 6.08. The summed E-state index contributed by atoms with van der Waals surface area (Å²) in [5, 5.41) is 0.729. The van der Waals surface area contributed by atoms with Gasteiger partial charge in [0.15, 0.2) is 0 Å². The van der Waals surface area contributed by atoms with E-state index in [-0.39, 0.29) is 6.04 Å². The molecular formula is C16H18ClNO. The van der Waals surface area contributed by atoms with Gasteiger partial charge in [-0.2, -0.15) is 0 Å². The van der Waals surface area contributed by atoms with Crippen LogP contribution in [0.3, 0.4) is 0 Å². The summed E-state index contributed by atoms with van der Waals surface area (Å²) in [5.74, 6) is 0.826. The summed E-state index contributed by atoms with van der Waals surface area (Å²) in [6.45, 7) is 2.55. The van der Waals surface area contributed by atoms with Gasteiger partial charge in [0.2, 0.25) is 0 Å². The molecule has 0 aliphatic rings. The second-order valence-corrected chi connectivity index (χ2v) is 4.87. The molecule has 0 aliphatic carbocycles. The minimum absolute atomic E-state index is 0.0950. The summed E-state index contributed by atoms with van der Waals surface area (Å²) in [7, 11) is 0. The van der Waals surface area contributed by atoms with Crippen molar-refractivity contribution in [3.63, 3.8) is 0 Å². The number of benzene rings is 2. The van der Waals surface area contributed by atoms with Gasteiger partial charge in [0.25, 0.3) is 0 Å². The lowest BCUT2D eigenvalue weighted by Gasteiger charge is -2.11. The Balaban J connectivity index is 1.99. The first-order valence-corrected chi connectivity index (χ1v) is 6.80. The van der Waals surface area contributed by atoms with Crippen LogP contribution in [0.2, 0.25) is 5.02 Å². The summed E-state index contributed by atoms with van der Waals surface area (Å²) in [6.07, 6.45) is 0.930. The van der Waals surface area contributed by atoms with E-state index in [9.17, 15) is 0 Å². The molecule has 0 radical (unpaired) electrons. The first-order valence-electron chi connectivity index (χ1n) is 6.42. The quantitative estimate of drug-likeness (QED) is 0.881. The summed E-state index contributed by atoms with van der Waals surface area (Å²) < 4.78 is 5.72. The van der Waals surface area contributed by atoms with E-state index in [1.807, 2.05) is 48.5 Å². The van der Waals surface area contributed by atoms with Crippen LogP contribution in [0, 0.1) is 0 Å². The molecule has 19 heavy (non-hydrogen) atoms. The zero-order valence-electron chi connectivity index (χ0n) is 11.0. The third kappa shape index (κ3) is 3.72. The molecule has 0 aliphatic heterocycles. The van der Waals surface area contributed by atoms with Crippen molar-refractivity contribution < 1.29 is 4.74 Å². The summed E-state index contributed by atoms with van der Waals surface area (Å²) in [4.78, 5) is 0. The molecule has 2 rings (SSSR count). The van der Waals surface area contributed by atoms with Gasteiger partial charge >= 0.3 is 0 Å². The molecule has 0 saturated heterocycles. The van der Waals surface area contributed by atoms with Crippen molar-refractivity contribution in [2.75, 3.05) is 0 Å². The number of rotatable bonds is 5. The fourth-order valence-electron chi connectivity index (χ4n) is 1.82. The molecule has 3 heteroatoms. The molecule has 2 N–H and O–H groups in total. The first-order chi connectivity index (χ1) is 9.20. The fourth-order valence-corrected chi connectivity index (χ4v) is 2.01. The maximum Gasteiger partial charge on any atom is 0.119 e. The van der Waals surface area contributed by atoms with Crippen molar-refractivity contribution >= 4 is 11.6 Å². The molecule has 2 aromatic rings. The number of ether oxygens (including phenoxy) is 1. The molecule has 0 heterocycles. The van der Waals surface area contributed by atoms with Crippen LogP contribution in [-0.4, -0.2) is 0 Å². The van der Waals surface area contributed by atoms with Gasteiger partial charge in [-0.3, -0.25) is 0 Å². The Morgan fingerprint density at radius 1 is 1.11 bits per heavy atom. The highest BCUT2D eigenvalue weighted by Gasteiger charge is 2.04. The van der Waals surface area contributed by atoms with Crippen molar-refractivity contribution in [2.45, 2.75) is 26.0 Å². The maximum absolute atomic E-state index is 6.08. The van der Waals surface area contributed by atoms with Crippen LogP contribution in [0.1, 0.15) is 30.5 Å². The van der Waals surface area contributed by atoms with Crippen molar-refractivity contribution in [3.8, 4) is 5.75 Å². The highest BCUT2D eigenvalue weighted by Crippen LogP contribution is 2.21. The standard InChI is InChI=1S/C16H18ClNO/c1-2-16(18)12-7-9-14(10-8-12)19-11-13-5-3-4-6-15(13)17/h3-10,16H,2,11,18H2,1H3. The molecule has 0 spiro atoms. The van der Waals surface area contributed by atoms with E-state index in [2.05, 4.69) is 6.92 Å². The van der Waals surface area contributed by atoms with Gasteiger partial charge in [-0.05, 0) is 30.2 Å². The van der Waals surface area contributed by atoms with Crippen LogP contribution in [0.4, 0.5) is 0 Å². The Morgan fingerprint density at radius 3 is 2.42 bits per heavy atom. The molecule has 0 amide bonds. The fraction of sp³-hybridized carbons (Fsp3) is 0.250. The molecule has 0 bridgehead atoms. The minimum Gasteiger partial charge on any atom is -0.489 e. The highest BCUT2D eigenvalue weighted by atomic mass is 35.5. The lowest BCUT2D eigenvalue weighted by atomic mass is 10.1. The Morgan fingerprint density at radius 2 is 1.79 bits per heavy atom. The van der Waals surface area contributed by atoms with Gasteiger partial charge in [0.1, 0.15) is 12.4 Å². The molecule has 0 aromatic heterocycles. The van der Waals surface area contributed by atoms with Gasteiger partial charge in [0, 0.05) is 16.6 Å². The minimum atomic E-state index is 0.0950. The van der Waals surface area contributed by atoms with E-state index in [1.54, 1.807) is 0 Å². The van der Waals surface area contributed by atoms with Crippen LogP contribution in [0.5, 0.6) is 5.75 Å². The molecule has 2 nitrogen and oxygen atoms in total. The van der Waals surface area contributed by atoms with Crippen LogP contribution in [0.15, 0.2) is 48.5 Å². The summed E-state index contributed by atoms with van der Waals surface area (Å²) in [5.41, 5.74) is 8.09. The van der Waals surface area contributed by atoms with Gasteiger partial charge in [-0.15, -0.1) is 0 Å². The predicted molar refractivity (Wildman–Crippen MR) is 79.4 cm³/mol. The summed E-state index contributed by atoms with van der Waals surface area (Å²) in [6, 6.07) is 15.7. The molecule has 1 unspecified atom stereocenters. The number of halogens is 1. The van der Waals surface area contributed by atoms with Gasteiger partial charge in [0.05, 0.1) is 0 Å². The number of hydrogen-bond donors (Lipinski definition) is 1. The van der Waals surface area contributed by atoms with Crippen molar-refractivity contribution in [3.05, 3.63) is 64.7 Å². The smallest absolute Gasteiger partial charge is 0.119 e. The van der Waals surface area contributed by atoms with E-state index in [0.717, 1.165) is 28.3 Å². The average molecular weight is 276 g/mol. The Labute approximate surface area is 119 Å². The normalized spacial score (nSPS) is 12.2. The van der Waals surface area contributed by atoms with Crippen molar-refractivity contribution in [1.29, 1.82) is 0 Å². The van der Waals surface area contributed by atoms with Crippen LogP contribution >= 0.6 is 11.6 Å². The molecule has 100 valence electrons. The predicted octanol–water partition coefficient (Wildman–Crippen LogP) is 4.33. The number of nitrogens with two attached hydrogens (primary N) is 1. The lowest BCUT2D eigenvalue weighted by molar-refractivity contribution is 0.306.